The van der Waals surface area contributed by atoms with E-state index in [2.05, 4.69) is 53.7 Å². The number of amides is 1. The van der Waals surface area contributed by atoms with Gasteiger partial charge in [0.05, 0.1) is 5.70 Å². The molecule has 0 saturated heterocycles. The predicted octanol–water partition coefficient (Wildman–Crippen LogP) is 5.60. The molecule has 32 heavy (non-hydrogen) atoms. The fourth-order valence-corrected chi connectivity index (χ4v) is 7.51. The van der Waals surface area contributed by atoms with Gasteiger partial charge in [0.1, 0.15) is 16.9 Å². The minimum Gasteiger partial charge on any atom is -0.509 e. The van der Waals surface area contributed by atoms with Gasteiger partial charge in [0.15, 0.2) is 0 Å². The van der Waals surface area contributed by atoms with E-state index in [4.69, 9.17) is 0 Å². The van der Waals surface area contributed by atoms with Crippen LogP contribution in [0.15, 0.2) is 41.0 Å². The second-order valence-electron chi connectivity index (χ2n) is 10.9. The van der Waals surface area contributed by atoms with E-state index in [9.17, 15) is 9.90 Å². The molecule has 172 valence electrons. The van der Waals surface area contributed by atoms with Crippen LogP contribution in [-0.4, -0.2) is 34.3 Å². The molecule has 4 atom stereocenters. The van der Waals surface area contributed by atoms with Crippen LogP contribution in [-0.2, 0) is 4.79 Å². The first kappa shape index (κ1) is 22.2. The Hall–Kier alpha value is -1.65. The summed E-state index contributed by atoms with van der Waals surface area (Å²) in [6.07, 6.45) is 7.34. The molecule has 4 aliphatic rings. The number of benzene rings is 1. The Kier molecular flexibility index (Phi) is 5.53. The maximum absolute atomic E-state index is 13.8. The molecular weight excluding hydrogens is 437 g/mol. The molecule has 0 radical (unpaired) electrons. The molecule has 3 N–H and O–H groups in total. The van der Waals surface area contributed by atoms with E-state index in [0.717, 1.165) is 42.8 Å². The van der Waals surface area contributed by atoms with Gasteiger partial charge in [0.2, 0.25) is 0 Å². The van der Waals surface area contributed by atoms with Gasteiger partial charge in [-0.2, -0.15) is 0 Å². The lowest BCUT2D eigenvalue weighted by Gasteiger charge is -2.43. The predicted molar refractivity (Wildman–Crippen MR) is 137 cm³/mol. The lowest BCUT2D eigenvalue weighted by Crippen LogP contribution is -2.52. The van der Waals surface area contributed by atoms with Crippen molar-refractivity contribution in [1.82, 2.24) is 4.90 Å². The molecular formula is C25H34N3O2PS. The number of anilines is 2. The largest absolute Gasteiger partial charge is 0.509 e. The van der Waals surface area contributed by atoms with E-state index in [0.29, 0.717) is 38.3 Å². The van der Waals surface area contributed by atoms with Crippen LogP contribution >= 0.6 is 20.5 Å². The summed E-state index contributed by atoms with van der Waals surface area (Å²) in [6, 6.07) is 6.27. The molecule has 1 spiro atoms. The highest BCUT2D eigenvalue weighted by Crippen LogP contribution is 2.59. The Labute approximate surface area is 197 Å². The number of carbonyl (C=O) groups excluding carboxylic acids is 1. The molecule has 4 unspecified atom stereocenters. The summed E-state index contributed by atoms with van der Waals surface area (Å²) < 4.78 is 3.28. The summed E-state index contributed by atoms with van der Waals surface area (Å²) in [5.41, 5.74) is 3.05. The number of fused-ring (bicyclic) bond motifs is 4. The third kappa shape index (κ3) is 3.54. The number of hydrogen-bond acceptors (Lipinski definition) is 5. The Morgan fingerprint density at radius 3 is 2.81 bits per heavy atom. The first-order chi connectivity index (χ1) is 15.2. The second-order valence-corrected chi connectivity index (χ2v) is 12.6. The summed E-state index contributed by atoms with van der Waals surface area (Å²) in [4.78, 5) is 15.9. The fraction of sp³-hybridized carbons (Fsp3) is 0.560. The smallest absolute Gasteiger partial charge is 0.260 e. The molecule has 1 aromatic rings. The summed E-state index contributed by atoms with van der Waals surface area (Å²) in [7, 11) is 0.456. The van der Waals surface area contributed by atoms with Gasteiger partial charge in [0, 0.05) is 29.5 Å². The monoisotopic (exact) mass is 471 g/mol. The summed E-state index contributed by atoms with van der Waals surface area (Å²) in [5, 5.41) is 16.4. The third-order valence-corrected chi connectivity index (χ3v) is 9.24. The molecule has 2 heterocycles. The molecule has 2 fully saturated rings. The SMILES string of the molecule is CSNc1ccc2c(c1)PC=C(C1=C(O)C3(CC4CCC3C4)N(CCC(C)(C)C)C1=O)N2. The number of rotatable bonds is 5. The van der Waals surface area contributed by atoms with Gasteiger partial charge < -0.3 is 20.0 Å². The van der Waals surface area contributed by atoms with Crippen LogP contribution in [0.1, 0.15) is 52.9 Å². The van der Waals surface area contributed by atoms with Gasteiger partial charge in [0.25, 0.3) is 5.91 Å². The van der Waals surface area contributed by atoms with Crippen molar-refractivity contribution >= 4 is 43.1 Å². The van der Waals surface area contributed by atoms with Crippen molar-refractivity contribution < 1.29 is 9.90 Å². The molecule has 2 aliphatic carbocycles. The molecule has 7 heteroatoms. The van der Waals surface area contributed by atoms with Crippen LogP contribution in [0.3, 0.4) is 0 Å². The molecule has 5 rings (SSSR count). The molecule has 1 aromatic carbocycles. The van der Waals surface area contributed by atoms with Crippen molar-refractivity contribution in [1.29, 1.82) is 0 Å². The van der Waals surface area contributed by atoms with E-state index in [-0.39, 0.29) is 11.3 Å². The second kappa shape index (κ2) is 7.99. The number of aliphatic hydroxyl groups excluding tert-OH is 1. The number of aliphatic hydroxyl groups is 1. The average Bonchev–Trinajstić information content (AvgIpc) is 3.40. The Balaban J connectivity index is 1.48. The van der Waals surface area contributed by atoms with E-state index >= 15 is 0 Å². The quantitative estimate of drug-likeness (QED) is 0.386. The van der Waals surface area contributed by atoms with Crippen LogP contribution in [0.25, 0.3) is 0 Å². The highest BCUT2D eigenvalue weighted by molar-refractivity contribution is 7.99. The maximum Gasteiger partial charge on any atom is 0.260 e. The number of carbonyl (C=O) groups is 1. The lowest BCUT2D eigenvalue weighted by molar-refractivity contribution is -0.132. The van der Waals surface area contributed by atoms with Crippen LogP contribution in [0.2, 0.25) is 0 Å². The van der Waals surface area contributed by atoms with Crippen molar-refractivity contribution in [3.05, 3.63) is 41.0 Å². The molecule has 0 aromatic heterocycles. The molecule has 1 amide bonds. The summed E-state index contributed by atoms with van der Waals surface area (Å²) in [5.74, 6) is 3.45. The first-order valence-corrected chi connectivity index (χ1v) is 14.0. The molecule has 5 nitrogen and oxygen atoms in total. The van der Waals surface area contributed by atoms with Crippen molar-refractivity contribution in [3.8, 4) is 0 Å². The fourth-order valence-electron chi connectivity index (χ4n) is 6.09. The van der Waals surface area contributed by atoms with Gasteiger partial charge in [-0.1, -0.05) is 41.3 Å². The van der Waals surface area contributed by atoms with Crippen molar-refractivity contribution in [3.63, 3.8) is 0 Å². The molecule has 2 aliphatic heterocycles. The summed E-state index contributed by atoms with van der Waals surface area (Å²) >= 11 is 1.58. The highest BCUT2D eigenvalue weighted by atomic mass is 32.2. The topological polar surface area (TPSA) is 64.6 Å². The normalized spacial score (nSPS) is 29.7. The van der Waals surface area contributed by atoms with E-state index in [1.165, 1.54) is 11.7 Å². The van der Waals surface area contributed by atoms with Crippen LogP contribution in [0.5, 0.6) is 0 Å². The Morgan fingerprint density at radius 2 is 2.16 bits per heavy atom. The van der Waals surface area contributed by atoms with E-state index in [1.807, 2.05) is 12.3 Å². The van der Waals surface area contributed by atoms with Crippen molar-refractivity contribution in [2.75, 3.05) is 22.8 Å². The van der Waals surface area contributed by atoms with Crippen molar-refractivity contribution in [2.45, 2.75) is 58.4 Å². The minimum absolute atomic E-state index is 0.00645. The van der Waals surface area contributed by atoms with E-state index in [1.54, 1.807) is 11.9 Å². The highest BCUT2D eigenvalue weighted by Gasteiger charge is 2.63. The van der Waals surface area contributed by atoms with Gasteiger partial charge in [-0.25, -0.2) is 0 Å². The zero-order valence-corrected chi connectivity index (χ0v) is 21.2. The zero-order valence-electron chi connectivity index (χ0n) is 19.4. The van der Waals surface area contributed by atoms with Crippen LogP contribution in [0, 0.1) is 17.3 Å². The minimum atomic E-state index is -0.487. The number of nitrogens with zero attached hydrogens (tertiary/aromatic N) is 1. The van der Waals surface area contributed by atoms with Crippen molar-refractivity contribution in [2.24, 2.45) is 17.3 Å². The van der Waals surface area contributed by atoms with Crippen LogP contribution in [0.4, 0.5) is 11.4 Å². The number of nitrogens with one attached hydrogen (secondary N) is 2. The van der Waals surface area contributed by atoms with E-state index < -0.39 is 5.54 Å². The Morgan fingerprint density at radius 1 is 1.34 bits per heavy atom. The molecule has 2 bridgehead atoms. The lowest BCUT2D eigenvalue weighted by atomic mass is 9.78. The first-order valence-electron chi connectivity index (χ1n) is 11.7. The third-order valence-electron chi connectivity index (χ3n) is 7.64. The maximum atomic E-state index is 13.8. The van der Waals surface area contributed by atoms with Crippen LogP contribution < -0.4 is 15.3 Å². The molecule has 2 saturated carbocycles. The van der Waals surface area contributed by atoms with Gasteiger partial charge in [-0.15, -0.1) is 0 Å². The number of hydrogen-bond donors (Lipinski definition) is 3. The average molecular weight is 472 g/mol. The Bertz CT molecular complexity index is 1010. The van der Waals surface area contributed by atoms with Gasteiger partial charge >= 0.3 is 0 Å². The zero-order chi connectivity index (χ0) is 22.7. The summed E-state index contributed by atoms with van der Waals surface area (Å²) in [6.45, 7) is 7.37. The van der Waals surface area contributed by atoms with Gasteiger partial charge in [-0.3, -0.25) is 4.79 Å². The standard InChI is InChI=1S/C25H34N3O2PS/c1-24(2,3)9-10-28-23(30)21(22(29)25(28)13-15-5-6-16(25)11-15)19-14-31-20-12-17(27-32-4)7-8-18(20)26-19/h7-8,12,14-16,26-27,29,31H,5-6,9-11,13H2,1-4H3. The van der Waals surface area contributed by atoms with Gasteiger partial charge in [-0.05, 0) is 73.4 Å².